The highest BCUT2D eigenvalue weighted by Crippen LogP contribution is 2.25. The smallest absolute Gasteiger partial charge is 0.126 e. The van der Waals surface area contributed by atoms with E-state index in [-0.39, 0.29) is 5.82 Å². The molecule has 0 saturated heterocycles. The summed E-state index contributed by atoms with van der Waals surface area (Å²) < 4.78 is 13.8. The molecule has 0 aliphatic rings. The lowest BCUT2D eigenvalue weighted by Crippen LogP contribution is -1.84. The molecule has 0 spiro atoms. The molecule has 0 fully saturated rings. The zero-order chi connectivity index (χ0) is 10.1. The molecule has 0 bridgehead atoms. The predicted octanol–water partition coefficient (Wildman–Crippen LogP) is 3.29. The van der Waals surface area contributed by atoms with Gasteiger partial charge in [-0.25, -0.2) is 9.37 Å². The predicted molar refractivity (Wildman–Crippen MR) is 56.4 cm³/mol. The second kappa shape index (κ2) is 3.53. The van der Waals surface area contributed by atoms with Gasteiger partial charge in [0.25, 0.3) is 0 Å². The quantitative estimate of drug-likeness (QED) is 0.832. The maximum absolute atomic E-state index is 13.0. The lowest BCUT2D eigenvalue weighted by atomic mass is 10.1. The molecule has 2 nitrogen and oxygen atoms in total. The molecule has 4 heteroatoms. The van der Waals surface area contributed by atoms with Crippen molar-refractivity contribution in [3.05, 3.63) is 40.5 Å². The van der Waals surface area contributed by atoms with Crippen molar-refractivity contribution >= 4 is 15.9 Å². The van der Waals surface area contributed by atoms with Gasteiger partial charge in [0.05, 0.1) is 6.33 Å². The number of benzene rings is 1. The van der Waals surface area contributed by atoms with Crippen LogP contribution in [0.4, 0.5) is 4.39 Å². The van der Waals surface area contributed by atoms with Gasteiger partial charge in [0, 0.05) is 5.56 Å². The number of imidazole rings is 1. The Morgan fingerprint density at radius 2 is 2.21 bits per heavy atom. The van der Waals surface area contributed by atoms with Crippen LogP contribution in [0.2, 0.25) is 0 Å². The van der Waals surface area contributed by atoms with Gasteiger partial charge < -0.3 is 4.98 Å². The summed E-state index contributed by atoms with van der Waals surface area (Å²) in [6.07, 6.45) is 1.60. The Morgan fingerprint density at radius 1 is 1.43 bits per heavy atom. The number of aromatic nitrogens is 2. The molecule has 0 aliphatic carbocycles. The van der Waals surface area contributed by atoms with E-state index in [0.717, 1.165) is 15.9 Å². The SMILES string of the molecule is Cc1cc(-c2nc[nH]c2Br)ccc1F. The number of nitrogens with zero attached hydrogens (tertiary/aromatic N) is 1. The molecule has 1 heterocycles. The van der Waals surface area contributed by atoms with Gasteiger partial charge in [-0.05, 0) is 46.6 Å². The fourth-order valence-corrected chi connectivity index (χ4v) is 1.71. The van der Waals surface area contributed by atoms with Gasteiger partial charge in [-0.3, -0.25) is 0 Å². The molecule has 0 amide bonds. The van der Waals surface area contributed by atoms with Crippen molar-refractivity contribution < 1.29 is 4.39 Å². The number of hydrogen-bond acceptors (Lipinski definition) is 1. The van der Waals surface area contributed by atoms with Crippen LogP contribution in [0, 0.1) is 12.7 Å². The van der Waals surface area contributed by atoms with Crippen LogP contribution in [0.25, 0.3) is 11.3 Å². The van der Waals surface area contributed by atoms with Gasteiger partial charge in [0.1, 0.15) is 16.1 Å². The third kappa shape index (κ3) is 1.57. The molecule has 2 rings (SSSR count). The van der Waals surface area contributed by atoms with Crippen molar-refractivity contribution in [3.8, 4) is 11.3 Å². The highest BCUT2D eigenvalue weighted by molar-refractivity contribution is 9.10. The molecule has 1 N–H and O–H groups in total. The van der Waals surface area contributed by atoms with E-state index in [2.05, 4.69) is 25.9 Å². The summed E-state index contributed by atoms with van der Waals surface area (Å²) in [6.45, 7) is 1.74. The first-order chi connectivity index (χ1) is 6.68. The Bertz CT molecular complexity index is 465. The van der Waals surface area contributed by atoms with E-state index in [1.807, 2.05) is 0 Å². The van der Waals surface area contributed by atoms with Crippen molar-refractivity contribution in [1.82, 2.24) is 9.97 Å². The summed E-state index contributed by atoms with van der Waals surface area (Å²) in [4.78, 5) is 7.04. The van der Waals surface area contributed by atoms with Gasteiger partial charge in [-0.2, -0.15) is 0 Å². The van der Waals surface area contributed by atoms with E-state index >= 15 is 0 Å². The van der Waals surface area contributed by atoms with Crippen LogP contribution in [0.1, 0.15) is 5.56 Å². The summed E-state index contributed by atoms with van der Waals surface area (Å²) in [7, 11) is 0. The topological polar surface area (TPSA) is 28.7 Å². The standard InChI is InChI=1S/C10H8BrFN2/c1-6-4-7(2-3-8(6)12)9-10(11)14-5-13-9/h2-5H,1H3,(H,13,14). The average molecular weight is 255 g/mol. The summed E-state index contributed by atoms with van der Waals surface area (Å²) in [6, 6.07) is 4.94. The first-order valence-corrected chi connectivity index (χ1v) is 4.93. The van der Waals surface area contributed by atoms with E-state index in [9.17, 15) is 4.39 Å². The van der Waals surface area contributed by atoms with Crippen molar-refractivity contribution in [2.24, 2.45) is 0 Å². The maximum atomic E-state index is 13.0. The molecule has 0 aliphatic heterocycles. The highest BCUT2D eigenvalue weighted by atomic mass is 79.9. The van der Waals surface area contributed by atoms with E-state index in [0.29, 0.717) is 5.56 Å². The third-order valence-electron chi connectivity index (χ3n) is 2.02. The summed E-state index contributed by atoms with van der Waals surface area (Å²) >= 11 is 3.33. The molecule has 2 aromatic rings. The molecule has 0 atom stereocenters. The van der Waals surface area contributed by atoms with Gasteiger partial charge in [-0.1, -0.05) is 0 Å². The van der Waals surface area contributed by atoms with Crippen LogP contribution in [-0.4, -0.2) is 9.97 Å². The minimum absolute atomic E-state index is 0.194. The van der Waals surface area contributed by atoms with E-state index in [1.54, 1.807) is 25.4 Å². The summed E-state index contributed by atoms with van der Waals surface area (Å²) in [5, 5.41) is 0. The van der Waals surface area contributed by atoms with Crippen LogP contribution in [-0.2, 0) is 0 Å². The van der Waals surface area contributed by atoms with Crippen LogP contribution in [0.15, 0.2) is 29.1 Å². The number of aromatic amines is 1. The second-order valence-corrected chi connectivity index (χ2v) is 3.82. The van der Waals surface area contributed by atoms with Gasteiger partial charge in [0.15, 0.2) is 0 Å². The van der Waals surface area contributed by atoms with Crippen LogP contribution >= 0.6 is 15.9 Å². The van der Waals surface area contributed by atoms with Crippen LogP contribution in [0.5, 0.6) is 0 Å². The fraction of sp³-hybridized carbons (Fsp3) is 0.100. The molecular weight excluding hydrogens is 247 g/mol. The normalized spacial score (nSPS) is 10.5. The molecule has 14 heavy (non-hydrogen) atoms. The molecule has 1 aromatic carbocycles. The first-order valence-electron chi connectivity index (χ1n) is 4.14. The monoisotopic (exact) mass is 254 g/mol. The van der Waals surface area contributed by atoms with Crippen molar-refractivity contribution in [1.29, 1.82) is 0 Å². The van der Waals surface area contributed by atoms with E-state index < -0.39 is 0 Å². The molecule has 0 unspecified atom stereocenters. The maximum Gasteiger partial charge on any atom is 0.126 e. The summed E-state index contributed by atoms with van der Waals surface area (Å²) in [5.41, 5.74) is 2.32. The lowest BCUT2D eigenvalue weighted by molar-refractivity contribution is 0.619. The Labute approximate surface area is 89.3 Å². The number of rotatable bonds is 1. The number of H-pyrrole nitrogens is 1. The lowest BCUT2D eigenvalue weighted by Gasteiger charge is -2.00. The zero-order valence-corrected chi connectivity index (χ0v) is 9.10. The molecular formula is C10H8BrFN2. The Kier molecular flexibility index (Phi) is 2.37. The zero-order valence-electron chi connectivity index (χ0n) is 7.51. The van der Waals surface area contributed by atoms with Gasteiger partial charge in [-0.15, -0.1) is 0 Å². The number of hydrogen-bond donors (Lipinski definition) is 1. The number of nitrogens with one attached hydrogen (secondary N) is 1. The van der Waals surface area contributed by atoms with Gasteiger partial charge >= 0.3 is 0 Å². The molecule has 1 aromatic heterocycles. The first kappa shape index (κ1) is 9.40. The Morgan fingerprint density at radius 3 is 2.79 bits per heavy atom. The van der Waals surface area contributed by atoms with Crippen molar-refractivity contribution in [2.45, 2.75) is 6.92 Å². The fourth-order valence-electron chi connectivity index (χ4n) is 1.27. The molecule has 0 saturated carbocycles. The van der Waals surface area contributed by atoms with Gasteiger partial charge in [0.2, 0.25) is 0 Å². The molecule has 0 radical (unpaired) electrons. The Hall–Kier alpha value is -1.16. The van der Waals surface area contributed by atoms with Crippen molar-refractivity contribution in [2.75, 3.05) is 0 Å². The van der Waals surface area contributed by atoms with Crippen LogP contribution < -0.4 is 0 Å². The average Bonchev–Trinajstić information content (AvgIpc) is 2.57. The highest BCUT2D eigenvalue weighted by Gasteiger charge is 2.07. The van der Waals surface area contributed by atoms with E-state index in [4.69, 9.17) is 0 Å². The van der Waals surface area contributed by atoms with E-state index in [1.165, 1.54) is 6.07 Å². The third-order valence-corrected chi connectivity index (χ3v) is 2.63. The minimum Gasteiger partial charge on any atom is -0.339 e. The van der Waals surface area contributed by atoms with Crippen molar-refractivity contribution in [3.63, 3.8) is 0 Å². The molecule has 72 valence electrons. The Balaban J connectivity index is 2.53. The minimum atomic E-state index is -0.194. The number of halogens is 2. The van der Waals surface area contributed by atoms with Crippen LogP contribution in [0.3, 0.4) is 0 Å². The summed E-state index contributed by atoms with van der Waals surface area (Å²) in [5.74, 6) is -0.194. The number of aryl methyl sites for hydroxylation is 1. The largest absolute Gasteiger partial charge is 0.339 e. The second-order valence-electron chi connectivity index (χ2n) is 3.03.